The molecule has 1 saturated carbocycles. The Morgan fingerprint density at radius 2 is 1.77 bits per heavy atom. The Morgan fingerprint density at radius 3 is 2.36 bits per heavy atom. The van der Waals surface area contributed by atoms with E-state index in [1.807, 2.05) is 6.07 Å². The lowest BCUT2D eigenvalue weighted by Crippen LogP contribution is -2.67. The van der Waals surface area contributed by atoms with Crippen molar-refractivity contribution >= 4 is 0 Å². The van der Waals surface area contributed by atoms with Crippen LogP contribution in [0.4, 0.5) is 0 Å². The van der Waals surface area contributed by atoms with Gasteiger partial charge in [-0.25, -0.2) is 0 Å². The van der Waals surface area contributed by atoms with Gasteiger partial charge in [-0.15, -0.1) is 0 Å². The minimum absolute atomic E-state index is 0.0933. The van der Waals surface area contributed by atoms with Crippen molar-refractivity contribution in [2.45, 2.75) is 42.5 Å². The first kappa shape index (κ1) is 17.3. The second-order valence-electron chi connectivity index (χ2n) is 5.83. The molecule has 0 radical (unpaired) electrons. The van der Waals surface area contributed by atoms with E-state index in [-0.39, 0.29) is 13.0 Å². The van der Waals surface area contributed by atoms with Crippen molar-refractivity contribution < 1.29 is 30.6 Å². The molecule has 7 N–H and O–H groups in total. The average Bonchev–Trinajstić information content (AvgIpc) is 2.55. The summed E-state index contributed by atoms with van der Waals surface area (Å²) in [6.07, 6.45) is -5.50. The largest absolute Gasteiger partial charge is 0.393 e. The Kier molecular flexibility index (Phi) is 5.51. The van der Waals surface area contributed by atoms with Crippen LogP contribution in [0.2, 0.25) is 0 Å². The van der Waals surface area contributed by atoms with E-state index in [9.17, 15) is 30.6 Å². The topological polar surface area (TPSA) is 133 Å². The highest BCUT2D eigenvalue weighted by Gasteiger charge is 2.51. The summed E-state index contributed by atoms with van der Waals surface area (Å²) in [6, 6.07) is 8.15. The first-order valence-electron chi connectivity index (χ1n) is 7.23. The fraction of sp³-hybridized carbons (Fsp3) is 0.600. The summed E-state index contributed by atoms with van der Waals surface area (Å²) in [5, 5.41) is 61.8. The molecule has 6 atom stereocenters. The van der Waals surface area contributed by atoms with Gasteiger partial charge < -0.3 is 36.0 Å². The molecule has 1 aromatic carbocycles. The first-order valence-corrected chi connectivity index (χ1v) is 7.23. The van der Waals surface area contributed by atoms with Gasteiger partial charge >= 0.3 is 0 Å². The molecule has 7 nitrogen and oxygen atoms in total. The van der Waals surface area contributed by atoms with Crippen molar-refractivity contribution in [2.75, 3.05) is 13.2 Å². The third kappa shape index (κ3) is 3.47. The van der Waals surface area contributed by atoms with Gasteiger partial charge in [-0.2, -0.15) is 0 Å². The molecule has 124 valence electrons. The molecule has 0 saturated heterocycles. The van der Waals surface area contributed by atoms with E-state index >= 15 is 0 Å². The number of benzene rings is 1. The van der Waals surface area contributed by atoms with Crippen LogP contribution in [0, 0.1) is 0 Å². The molecule has 0 aliphatic heterocycles. The Morgan fingerprint density at radius 1 is 1.14 bits per heavy atom. The van der Waals surface area contributed by atoms with Crippen molar-refractivity contribution in [3.8, 4) is 0 Å². The maximum Gasteiger partial charge on any atom is 0.118 e. The maximum atomic E-state index is 10.1. The van der Waals surface area contributed by atoms with Crippen molar-refractivity contribution in [1.29, 1.82) is 0 Å². The molecule has 0 aromatic heterocycles. The summed E-state index contributed by atoms with van der Waals surface area (Å²) >= 11 is 0. The minimum Gasteiger partial charge on any atom is -0.393 e. The highest BCUT2D eigenvalue weighted by Crippen LogP contribution is 2.29. The predicted octanol–water partition coefficient (Wildman–Crippen LogP) is -2.11. The number of hydrogen-bond acceptors (Lipinski definition) is 7. The van der Waals surface area contributed by atoms with E-state index in [1.165, 1.54) is 0 Å². The Balaban J connectivity index is 1.99. The second-order valence-corrected chi connectivity index (χ2v) is 5.83. The fourth-order valence-corrected chi connectivity index (χ4v) is 2.77. The maximum absolute atomic E-state index is 10.1. The van der Waals surface area contributed by atoms with Crippen LogP contribution < -0.4 is 5.32 Å². The molecule has 1 fully saturated rings. The molecule has 1 aliphatic rings. The number of rotatable bonds is 5. The molecule has 0 bridgehead atoms. The molecular formula is C15H23NO6. The van der Waals surface area contributed by atoms with Crippen LogP contribution in [0.3, 0.4) is 0 Å². The van der Waals surface area contributed by atoms with Gasteiger partial charge in [0.15, 0.2) is 0 Å². The van der Waals surface area contributed by atoms with Gasteiger partial charge in [0, 0.05) is 12.6 Å². The summed E-state index contributed by atoms with van der Waals surface area (Å²) in [6.45, 7) is -0.645. The van der Waals surface area contributed by atoms with E-state index < -0.39 is 42.7 Å². The Labute approximate surface area is 128 Å². The smallest absolute Gasteiger partial charge is 0.118 e. The van der Waals surface area contributed by atoms with Crippen molar-refractivity contribution in [3.63, 3.8) is 0 Å². The zero-order valence-corrected chi connectivity index (χ0v) is 12.1. The molecular weight excluding hydrogens is 290 g/mol. The normalized spacial score (nSPS) is 37.0. The van der Waals surface area contributed by atoms with Crippen LogP contribution in [0.25, 0.3) is 0 Å². The quantitative estimate of drug-likeness (QED) is 0.331. The lowest BCUT2D eigenvalue weighted by molar-refractivity contribution is -0.207. The zero-order chi connectivity index (χ0) is 16.3. The van der Waals surface area contributed by atoms with Crippen LogP contribution in [0.1, 0.15) is 18.1 Å². The van der Waals surface area contributed by atoms with Gasteiger partial charge in [-0.3, -0.25) is 0 Å². The number of hydrogen-bond donors (Lipinski definition) is 7. The van der Waals surface area contributed by atoms with Gasteiger partial charge in [0.1, 0.15) is 17.8 Å². The summed E-state index contributed by atoms with van der Waals surface area (Å²) in [5.74, 6) is 0. The van der Waals surface area contributed by atoms with Crippen LogP contribution in [-0.4, -0.2) is 73.7 Å². The third-order valence-electron chi connectivity index (χ3n) is 4.24. The Bertz CT molecular complexity index is 472. The van der Waals surface area contributed by atoms with Gasteiger partial charge in [0.2, 0.25) is 0 Å². The van der Waals surface area contributed by atoms with Gasteiger partial charge in [0.05, 0.1) is 18.8 Å². The SMILES string of the molecule is OC[C@@]1(O)C[C@H](NC[C@H](O)c2ccccc2)[C@H](O)[C@H](O)[C@H]1O. The lowest BCUT2D eigenvalue weighted by atomic mass is 9.76. The van der Waals surface area contributed by atoms with Crippen LogP contribution >= 0.6 is 0 Å². The highest BCUT2D eigenvalue weighted by molar-refractivity contribution is 5.17. The summed E-state index contributed by atoms with van der Waals surface area (Å²) < 4.78 is 0. The van der Waals surface area contributed by atoms with Crippen LogP contribution in [-0.2, 0) is 0 Å². The average molecular weight is 313 g/mol. The first-order chi connectivity index (χ1) is 10.4. The molecule has 22 heavy (non-hydrogen) atoms. The number of aliphatic hydroxyl groups is 6. The number of nitrogens with one attached hydrogen (secondary N) is 1. The van der Waals surface area contributed by atoms with E-state index in [4.69, 9.17) is 0 Å². The molecule has 1 aliphatic carbocycles. The molecule has 7 heteroatoms. The summed E-state index contributed by atoms with van der Waals surface area (Å²) in [4.78, 5) is 0. The van der Waals surface area contributed by atoms with Crippen LogP contribution in [0.15, 0.2) is 30.3 Å². The minimum atomic E-state index is -1.89. The van der Waals surface area contributed by atoms with Crippen molar-refractivity contribution in [3.05, 3.63) is 35.9 Å². The van der Waals surface area contributed by atoms with Gasteiger partial charge in [-0.1, -0.05) is 30.3 Å². The van der Waals surface area contributed by atoms with Gasteiger partial charge in [0.25, 0.3) is 0 Å². The molecule has 1 aromatic rings. The lowest BCUT2D eigenvalue weighted by Gasteiger charge is -2.45. The zero-order valence-electron chi connectivity index (χ0n) is 12.1. The second kappa shape index (κ2) is 7.01. The fourth-order valence-electron chi connectivity index (χ4n) is 2.77. The summed E-state index contributed by atoms with van der Waals surface area (Å²) in [7, 11) is 0. The molecule has 0 spiro atoms. The third-order valence-corrected chi connectivity index (χ3v) is 4.24. The monoisotopic (exact) mass is 313 g/mol. The highest BCUT2D eigenvalue weighted by atomic mass is 16.4. The van der Waals surface area contributed by atoms with Crippen molar-refractivity contribution in [1.82, 2.24) is 5.32 Å². The molecule has 0 amide bonds. The standard InChI is InChI=1S/C15H23NO6/c17-8-15(22)6-10(12(19)13(20)14(15)21)16-7-11(18)9-4-2-1-3-5-9/h1-5,10-14,16-22H,6-8H2/t10-,11-,12-,13-,14+,15-/m0/s1. The van der Waals surface area contributed by atoms with E-state index in [2.05, 4.69) is 5.32 Å². The molecule has 0 heterocycles. The van der Waals surface area contributed by atoms with Crippen molar-refractivity contribution in [2.24, 2.45) is 0 Å². The number of aliphatic hydroxyl groups excluding tert-OH is 5. The van der Waals surface area contributed by atoms with Crippen LogP contribution in [0.5, 0.6) is 0 Å². The molecule has 2 rings (SSSR count). The van der Waals surface area contributed by atoms with Gasteiger partial charge in [-0.05, 0) is 12.0 Å². The van der Waals surface area contributed by atoms with E-state index in [0.29, 0.717) is 5.56 Å². The molecule has 0 unspecified atom stereocenters. The summed E-state index contributed by atoms with van der Waals surface area (Å²) in [5.41, 5.74) is -1.20. The van der Waals surface area contributed by atoms with E-state index in [0.717, 1.165) is 0 Å². The Hall–Kier alpha value is -1.06. The van der Waals surface area contributed by atoms with E-state index in [1.54, 1.807) is 24.3 Å². The predicted molar refractivity (Wildman–Crippen MR) is 77.9 cm³/mol.